The molecular formula is C26H34N6O6. The number of carbonyl (C=O) groups excluding carboxylic acids is 2. The van der Waals surface area contributed by atoms with Gasteiger partial charge in [-0.3, -0.25) is 19.4 Å². The van der Waals surface area contributed by atoms with Gasteiger partial charge in [0.1, 0.15) is 12.1 Å². The predicted molar refractivity (Wildman–Crippen MR) is 142 cm³/mol. The van der Waals surface area contributed by atoms with E-state index in [4.69, 9.17) is 22.3 Å². The lowest BCUT2D eigenvalue weighted by Crippen LogP contribution is -2.55. The Hall–Kier alpha value is -4.45. The molecule has 12 heteroatoms. The summed E-state index contributed by atoms with van der Waals surface area (Å²) in [6.07, 6.45) is -0.0265. The Bertz CT molecular complexity index is 1120. The summed E-state index contributed by atoms with van der Waals surface area (Å²) in [5.41, 5.74) is 19.0. The zero-order valence-corrected chi connectivity index (χ0v) is 20.9. The largest absolute Gasteiger partial charge is 0.481 e. The van der Waals surface area contributed by atoms with E-state index in [0.717, 1.165) is 11.1 Å². The van der Waals surface area contributed by atoms with E-state index in [1.807, 2.05) is 54.6 Å². The Labute approximate surface area is 220 Å². The second kappa shape index (κ2) is 15.0. The molecule has 0 heterocycles. The smallest absolute Gasteiger partial charge is 0.326 e. The number of aliphatic carboxylic acids is 2. The van der Waals surface area contributed by atoms with E-state index >= 15 is 0 Å². The van der Waals surface area contributed by atoms with Gasteiger partial charge in [0.25, 0.3) is 0 Å². The molecule has 38 heavy (non-hydrogen) atoms. The van der Waals surface area contributed by atoms with E-state index in [1.165, 1.54) is 0 Å². The second-order valence-corrected chi connectivity index (χ2v) is 8.72. The van der Waals surface area contributed by atoms with Gasteiger partial charge in [-0.2, -0.15) is 0 Å². The topological polar surface area (TPSA) is 223 Å². The van der Waals surface area contributed by atoms with Crippen molar-refractivity contribution in [2.45, 2.75) is 50.2 Å². The van der Waals surface area contributed by atoms with Crippen LogP contribution in [0.5, 0.6) is 0 Å². The Morgan fingerprint density at radius 1 is 0.816 bits per heavy atom. The number of benzene rings is 2. The van der Waals surface area contributed by atoms with Crippen molar-refractivity contribution in [3.8, 4) is 11.1 Å². The highest BCUT2D eigenvalue weighted by molar-refractivity contribution is 5.92. The molecule has 3 atom stereocenters. The SMILES string of the molecule is NC(N)=NCCCC(NC(=O)C(Cc1ccc(-c2ccccc2)cc1)NC(=O)C(N)CCC(=O)O)C(=O)O. The average Bonchev–Trinajstić information content (AvgIpc) is 2.89. The molecule has 0 fully saturated rings. The van der Waals surface area contributed by atoms with E-state index in [-0.39, 0.29) is 38.2 Å². The number of amides is 2. The van der Waals surface area contributed by atoms with Gasteiger partial charge >= 0.3 is 11.9 Å². The van der Waals surface area contributed by atoms with Crippen molar-refractivity contribution >= 4 is 29.7 Å². The summed E-state index contributed by atoms with van der Waals surface area (Å²) >= 11 is 0. The third kappa shape index (κ3) is 10.3. The fourth-order valence-corrected chi connectivity index (χ4v) is 3.63. The first kappa shape index (κ1) is 29.8. The van der Waals surface area contributed by atoms with Crippen LogP contribution in [-0.4, -0.2) is 64.6 Å². The molecule has 0 aliphatic rings. The summed E-state index contributed by atoms with van der Waals surface area (Å²) in [7, 11) is 0. The van der Waals surface area contributed by atoms with Gasteiger partial charge in [0.05, 0.1) is 6.04 Å². The molecule has 0 aromatic heterocycles. The fourth-order valence-electron chi connectivity index (χ4n) is 3.63. The van der Waals surface area contributed by atoms with Crippen LogP contribution in [0.25, 0.3) is 11.1 Å². The average molecular weight is 527 g/mol. The number of nitrogens with zero attached hydrogens (tertiary/aromatic N) is 1. The molecule has 204 valence electrons. The third-order valence-corrected chi connectivity index (χ3v) is 5.70. The zero-order chi connectivity index (χ0) is 28.1. The number of carboxylic acids is 2. The van der Waals surface area contributed by atoms with Gasteiger partial charge in [-0.1, -0.05) is 54.6 Å². The number of nitrogens with two attached hydrogens (primary N) is 3. The molecule has 12 nitrogen and oxygen atoms in total. The number of carboxylic acid groups (broad SMARTS) is 2. The van der Waals surface area contributed by atoms with Crippen molar-refractivity contribution in [3.05, 3.63) is 60.2 Å². The summed E-state index contributed by atoms with van der Waals surface area (Å²) in [4.78, 5) is 52.1. The molecule has 3 unspecified atom stereocenters. The minimum Gasteiger partial charge on any atom is -0.481 e. The molecule has 2 rings (SSSR count). The van der Waals surface area contributed by atoms with Crippen LogP contribution in [0.1, 0.15) is 31.2 Å². The Morgan fingerprint density at radius 2 is 1.42 bits per heavy atom. The van der Waals surface area contributed by atoms with Crippen LogP contribution in [0, 0.1) is 0 Å². The van der Waals surface area contributed by atoms with Crippen molar-refractivity contribution in [1.82, 2.24) is 10.6 Å². The first-order valence-corrected chi connectivity index (χ1v) is 12.1. The van der Waals surface area contributed by atoms with Crippen molar-refractivity contribution in [2.75, 3.05) is 6.54 Å². The van der Waals surface area contributed by atoms with Gasteiger partial charge < -0.3 is 38.0 Å². The number of rotatable bonds is 15. The molecule has 2 aromatic carbocycles. The minimum absolute atomic E-state index is 0.0542. The van der Waals surface area contributed by atoms with Crippen LogP contribution in [0.2, 0.25) is 0 Å². The quantitative estimate of drug-likeness (QED) is 0.0954. The van der Waals surface area contributed by atoms with Crippen LogP contribution in [0.3, 0.4) is 0 Å². The number of carbonyl (C=O) groups is 4. The monoisotopic (exact) mass is 526 g/mol. The summed E-state index contributed by atoms with van der Waals surface area (Å²) in [5.74, 6) is -3.91. The predicted octanol–water partition coefficient (Wildman–Crippen LogP) is 0.196. The third-order valence-electron chi connectivity index (χ3n) is 5.70. The molecule has 0 aliphatic carbocycles. The van der Waals surface area contributed by atoms with Gasteiger partial charge in [-0.05, 0) is 36.0 Å². The maximum absolute atomic E-state index is 13.1. The van der Waals surface area contributed by atoms with Crippen LogP contribution in [-0.2, 0) is 25.6 Å². The number of hydrogen-bond donors (Lipinski definition) is 7. The van der Waals surface area contributed by atoms with E-state index < -0.39 is 41.9 Å². The molecule has 0 radical (unpaired) electrons. The summed E-state index contributed by atoms with van der Waals surface area (Å²) in [5, 5.41) is 23.4. The van der Waals surface area contributed by atoms with E-state index in [9.17, 15) is 24.3 Å². The Balaban J connectivity index is 2.17. The van der Waals surface area contributed by atoms with E-state index in [0.29, 0.717) is 12.0 Å². The molecular weight excluding hydrogens is 492 g/mol. The highest BCUT2D eigenvalue weighted by atomic mass is 16.4. The molecule has 10 N–H and O–H groups in total. The van der Waals surface area contributed by atoms with Crippen LogP contribution >= 0.6 is 0 Å². The lowest BCUT2D eigenvalue weighted by atomic mass is 9.99. The maximum Gasteiger partial charge on any atom is 0.326 e. The van der Waals surface area contributed by atoms with Gasteiger partial charge in [0, 0.05) is 19.4 Å². The first-order chi connectivity index (χ1) is 18.1. The summed E-state index contributed by atoms with van der Waals surface area (Å²) in [6.45, 7) is 0.189. The van der Waals surface area contributed by atoms with Crippen LogP contribution in [0.15, 0.2) is 59.6 Å². The maximum atomic E-state index is 13.1. The highest BCUT2D eigenvalue weighted by Crippen LogP contribution is 2.20. The van der Waals surface area contributed by atoms with Crippen molar-refractivity contribution in [3.63, 3.8) is 0 Å². The second-order valence-electron chi connectivity index (χ2n) is 8.72. The van der Waals surface area contributed by atoms with Gasteiger partial charge in [0.2, 0.25) is 11.8 Å². The summed E-state index contributed by atoms with van der Waals surface area (Å²) in [6, 6.07) is 13.5. The normalized spacial score (nSPS) is 13.0. The number of aliphatic imine (C=N–C) groups is 1. The fraction of sp³-hybridized carbons (Fsp3) is 0.346. The van der Waals surface area contributed by atoms with Crippen LogP contribution in [0.4, 0.5) is 0 Å². The standard InChI is InChI=1S/C26H34N6O6/c27-19(12-13-22(33)34)23(35)32-21(24(36)31-20(25(37)38)7-4-14-30-26(28)29)15-16-8-10-18(11-9-16)17-5-2-1-3-6-17/h1-3,5-6,8-11,19-21H,4,7,12-15,27H2,(H,31,36)(H,32,35)(H,33,34)(H,37,38)(H4,28,29,30). The Morgan fingerprint density at radius 3 is 2.00 bits per heavy atom. The lowest BCUT2D eigenvalue weighted by Gasteiger charge is -2.23. The first-order valence-electron chi connectivity index (χ1n) is 12.1. The summed E-state index contributed by atoms with van der Waals surface area (Å²) < 4.78 is 0. The Kier molecular flexibility index (Phi) is 11.7. The number of guanidine groups is 1. The lowest BCUT2D eigenvalue weighted by molar-refractivity contribution is -0.142. The molecule has 0 spiro atoms. The van der Waals surface area contributed by atoms with Gasteiger partial charge in [-0.25, -0.2) is 4.79 Å². The molecule has 0 saturated carbocycles. The molecule has 0 aliphatic heterocycles. The van der Waals surface area contributed by atoms with E-state index in [1.54, 1.807) is 0 Å². The van der Waals surface area contributed by atoms with Gasteiger partial charge in [0.15, 0.2) is 5.96 Å². The van der Waals surface area contributed by atoms with Crippen molar-refractivity contribution in [2.24, 2.45) is 22.2 Å². The zero-order valence-electron chi connectivity index (χ0n) is 20.9. The van der Waals surface area contributed by atoms with Gasteiger partial charge in [-0.15, -0.1) is 0 Å². The highest BCUT2D eigenvalue weighted by Gasteiger charge is 2.28. The van der Waals surface area contributed by atoms with Crippen molar-refractivity contribution < 1.29 is 29.4 Å². The number of hydrogen-bond acceptors (Lipinski definition) is 6. The van der Waals surface area contributed by atoms with E-state index in [2.05, 4.69) is 15.6 Å². The van der Waals surface area contributed by atoms with Crippen molar-refractivity contribution in [1.29, 1.82) is 0 Å². The minimum atomic E-state index is -1.25. The molecule has 2 aromatic rings. The molecule has 2 amide bonds. The molecule has 0 saturated heterocycles. The van der Waals surface area contributed by atoms with Crippen LogP contribution < -0.4 is 27.8 Å². The number of nitrogens with one attached hydrogen (secondary N) is 2. The molecule has 0 bridgehead atoms.